The van der Waals surface area contributed by atoms with Crippen molar-refractivity contribution in [2.24, 2.45) is 0 Å². The summed E-state index contributed by atoms with van der Waals surface area (Å²) in [7, 11) is 2.15. The Bertz CT molecular complexity index is 1980. The molecule has 0 fully saturated rings. The molecule has 0 heterocycles. The Kier molecular flexibility index (Phi) is 6.88. The van der Waals surface area contributed by atoms with Gasteiger partial charge in [0, 0.05) is 16.9 Å². The van der Waals surface area contributed by atoms with E-state index in [2.05, 4.69) is 183 Å². The van der Waals surface area contributed by atoms with Gasteiger partial charge < -0.3 is 4.90 Å². The summed E-state index contributed by atoms with van der Waals surface area (Å²) in [5, 5.41) is 2.52. The molecule has 0 aliphatic heterocycles. The lowest BCUT2D eigenvalue weighted by molar-refractivity contribution is 1.28. The maximum absolute atomic E-state index is 2.37. The number of nitrogens with zero attached hydrogens (tertiary/aromatic N) is 1. The van der Waals surface area contributed by atoms with E-state index in [1.807, 2.05) is 0 Å². The number of hydrogen-bond acceptors (Lipinski definition) is 1. The van der Waals surface area contributed by atoms with Crippen LogP contribution in [0, 0.1) is 0 Å². The van der Waals surface area contributed by atoms with Crippen LogP contribution >= 0.6 is 0 Å². The molecule has 0 aliphatic carbocycles. The number of fused-ring (bicyclic) bond motifs is 1. The monoisotopic (exact) mass is 535 g/mol. The first-order valence-electron chi connectivity index (χ1n) is 14.4. The normalized spacial score (nSPS) is 11.0. The largest absolute Gasteiger partial charge is 0.310 e. The summed E-state index contributed by atoms with van der Waals surface area (Å²) in [6.45, 7) is 0. The first kappa shape index (κ1) is 25.6. The average Bonchev–Trinajstić information content (AvgIpc) is 3.06. The van der Waals surface area contributed by atoms with Crippen molar-refractivity contribution in [1.82, 2.24) is 0 Å². The molecule has 0 unspecified atom stereocenters. The topological polar surface area (TPSA) is 3.24 Å². The average molecular weight is 535 g/mol. The van der Waals surface area contributed by atoms with E-state index in [1.54, 1.807) is 0 Å². The molecule has 2 heteroatoms. The molecule has 7 aromatic carbocycles. The van der Waals surface area contributed by atoms with Crippen LogP contribution in [0.3, 0.4) is 0 Å². The Balaban J connectivity index is 1.33. The summed E-state index contributed by atoms with van der Waals surface area (Å²) in [5.74, 6) is 0. The van der Waals surface area contributed by atoms with E-state index in [0.717, 1.165) is 17.1 Å². The molecule has 1 nitrogen and oxygen atoms in total. The van der Waals surface area contributed by atoms with Gasteiger partial charge in [-0.05, 0) is 75.0 Å². The van der Waals surface area contributed by atoms with Crippen LogP contribution in [0.2, 0.25) is 0 Å². The summed E-state index contributed by atoms with van der Waals surface area (Å²) in [6.07, 6.45) is 0. The van der Waals surface area contributed by atoms with Gasteiger partial charge in [0.15, 0.2) is 0 Å². The van der Waals surface area contributed by atoms with E-state index in [4.69, 9.17) is 0 Å². The fraction of sp³-hybridized carbons (Fsp3) is 0. The molecule has 7 aromatic rings. The zero-order valence-corrected chi connectivity index (χ0v) is 23.6. The van der Waals surface area contributed by atoms with Crippen molar-refractivity contribution in [2.75, 3.05) is 4.90 Å². The van der Waals surface area contributed by atoms with Crippen molar-refractivity contribution in [1.29, 1.82) is 0 Å². The SMILES string of the molecule is Bc1cccc(-c2ccccc2N(c2ccc(-c3ccccc3)cc2)c2ccc(-c3ccc4ccccc4c3)cc2)c1. The van der Waals surface area contributed by atoms with Gasteiger partial charge in [-0.3, -0.25) is 0 Å². The third-order valence-corrected chi connectivity index (χ3v) is 7.91. The van der Waals surface area contributed by atoms with Crippen molar-refractivity contribution < 1.29 is 0 Å². The highest BCUT2D eigenvalue weighted by atomic mass is 15.1. The number of anilines is 3. The second-order valence-electron chi connectivity index (χ2n) is 10.7. The Morgan fingerprint density at radius 3 is 1.62 bits per heavy atom. The van der Waals surface area contributed by atoms with Crippen molar-refractivity contribution in [3.05, 3.63) is 170 Å². The van der Waals surface area contributed by atoms with Crippen LogP contribution < -0.4 is 10.4 Å². The summed E-state index contributed by atoms with van der Waals surface area (Å²) >= 11 is 0. The molecule has 0 radical (unpaired) electrons. The molecule has 0 bridgehead atoms. The lowest BCUT2D eigenvalue weighted by Gasteiger charge is -2.28. The molecule has 0 atom stereocenters. The Labute approximate surface area is 248 Å². The van der Waals surface area contributed by atoms with Crippen molar-refractivity contribution in [3.8, 4) is 33.4 Å². The molecule has 42 heavy (non-hydrogen) atoms. The van der Waals surface area contributed by atoms with Gasteiger partial charge in [0.2, 0.25) is 0 Å². The lowest BCUT2D eigenvalue weighted by atomic mass is 9.91. The summed E-state index contributed by atoms with van der Waals surface area (Å²) in [4.78, 5) is 2.37. The van der Waals surface area contributed by atoms with Gasteiger partial charge in [-0.25, -0.2) is 0 Å². The molecule has 0 N–H and O–H groups in total. The molecule has 0 aromatic heterocycles. The molecule has 7 rings (SSSR count). The zero-order chi connectivity index (χ0) is 28.3. The van der Waals surface area contributed by atoms with Gasteiger partial charge in [-0.1, -0.05) is 139 Å². The van der Waals surface area contributed by atoms with Crippen LogP contribution in [0.4, 0.5) is 17.1 Å². The minimum absolute atomic E-state index is 1.12. The molecule has 0 spiro atoms. The third kappa shape index (κ3) is 5.11. The molecule has 0 saturated heterocycles. The highest BCUT2D eigenvalue weighted by molar-refractivity contribution is 6.32. The second-order valence-corrected chi connectivity index (χ2v) is 10.7. The molecule has 0 amide bonds. The van der Waals surface area contributed by atoms with E-state index in [-0.39, 0.29) is 0 Å². The van der Waals surface area contributed by atoms with Crippen molar-refractivity contribution >= 4 is 41.1 Å². The van der Waals surface area contributed by atoms with E-state index in [1.165, 1.54) is 49.6 Å². The van der Waals surface area contributed by atoms with Crippen LogP contribution in [0.1, 0.15) is 0 Å². The third-order valence-electron chi connectivity index (χ3n) is 7.91. The smallest absolute Gasteiger partial charge is 0.139 e. The predicted octanol–water partition coefficient (Wildman–Crippen LogP) is 9.57. The predicted molar refractivity (Wildman–Crippen MR) is 183 cm³/mol. The molecular weight excluding hydrogens is 505 g/mol. The highest BCUT2D eigenvalue weighted by Crippen LogP contribution is 2.41. The Morgan fingerprint density at radius 1 is 0.357 bits per heavy atom. The molecule has 0 aliphatic rings. The molecule has 198 valence electrons. The van der Waals surface area contributed by atoms with Crippen LogP contribution in [-0.2, 0) is 0 Å². The minimum Gasteiger partial charge on any atom is -0.310 e. The lowest BCUT2D eigenvalue weighted by Crippen LogP contribution is -2.11. The van der Waals surface area contributed by atoms with Crippen LogP contribution in [0.25, 0.3) is 44.2 Å². The fourth-order valence-corrected chi connectivity index (χ4v) is 5.76. The van der Waals surface area contributed by atoms with Crippen molar-refractivity contribution in [2.45, 2.75) is 0 Å². The first-order valence-corrected chi connectivity index (χ1v) is 14.4. The van der Waals surface area contributed by atoms with Gasteiger partial charge in [0.1, 0.15) is 7.85 Å². The van der Waals surface area contributed by atoms with Gasteiger partial charge in [0.05, 0.1) is 5.69 Å². The van der Waals surface area contributed by atoms with Crippen LogP contribution in [0.15, 0.2) is 170 Å². The van der Waals surface area contributed by atoms with Crippen LogP contribution in [0.5, 0.6) is 0 Å². The minimum atomic E-state index is 1.12. The van der Waals surface area contributed by atoms with Gasteiger partial charge >= 0.3 is 0 Å². The quantitative estimate of drug-likeness (QED) is 0.192. The second kappa shape index (κ2) is 11.3. The number of rotatable bonds is 6. The summed E-state index contributed by atoms with van der Waals surface area (Å²) in [6, 6.07) is 61.1. The fourth-order valence-electron chi connectivity index (χ4n) is 5.76. The van der Waals surface area contributed by atoms with Crippen molar-refractivity contribution in [3.63, 3.8) is 0 Å². The zero-order valence-electron chi connectivity index (χ0n) is 23.6. The van der Waals surface area contributed by atoms with E-state index < -0.39 is 0 Å². The number of benzene rings is 7. The number of para-hydroxylation sites is 1. The maximum Gasteiger partial charge on any atom is 0.139 e. The van der Waals surface area contributed by atoms with Gasteiger partial charge in [0.25, 0.3) is 0 Å². The van der Waals surface area contributed by atoms with E-state index >= 15 is 0 Å². The molecule has 0 saturated carbocycles. The first-order chi connectivity index (χ1) is 20.7. The van der Waals surface area contributed by atoms with Crippen LogP contribution in [-0.4, -0.2) is 7.85 Å². The summed E-state index contributed by atoms with van der Waals surface area (Å²) < 4.78 is 0. The summed E-state index contributed by atoms with van der Waals surface area (Å²) in [5.41, 5.74) is 11.9. The van der Waals surface area contributed by atoms with E-state index in [0.29, 0.717) is 0 Å². The highest BCUT2D eigenvalue weighted by Gasteiger charge is 2.17. The van der Waals surface area contributed by atoms with Gasteiger partial charge in [-0.2, -0.15) is 0 Å². The Morgan fingerprint density at radius 2 is 0.905 bits per heavy atom. The van der Waals surface area contributed by atoms with E-state index in [9.17, 15) is 0 Å². The number of hydrogen-bond donors (Lipinski definition) is 0. The Hall–Kier alpha value is -5.34. The standard InChI is InChI=1S/C40H30BN/c41-36-14-8-13-35(28-36)39-15-6-7-16-40(39)42(37-23-19-31(20-24-37)29-9-2-1-3-10-29)38-25-21-32(22-26-38)34-18-17-30-11-4-5-12-33(30)27-34/h1-28H,41H2. The maximum atomic E-state index is 2.37. The molecular formula is C40H30BN. The van der Waals surface area contributed by atoms with Gasteiger partial charge in [-0.15, -0.1) is 0 Å².